The van der Waals surface area contributed by atoms with Crippen LogP contribution in [0.4, 0.5) is 0 Å². The molecule has 1 saturated heterocycles. The highest BCUT2D eigenvalue weighted by molar-refractivity contribution is 8.14. The van der Waals surface area contributed by atoms with Crippen LogP contribution in [0.15, 0.2) is 28.4 Å². The highest BCUT2D eigenvalue weighted by Gasteiger charge is 2.26. The zero-order valence-electron chi connectivity index (χ0n) is 12.4. The van der Waals surface area contributed by atoms with Gasteiger partial charge < -0.3 is 9.64 Å². The number of morpholine rings is 1. The Bertz CT molecular complexity index is 625. The molecule has 2 heterocycles. The molecule has 0 bridgehead atoms. The molecule has 2 aliphatic rings. The van der Waals surface area contributed by atoms with Gasteiger partial charge in [-0.3, -0.25) is 0 Å². The fourth-order valence-corrected chi connectivity index (χ4v) is 3.82. The lowest BCUT2D eigenvalue weighted by Gasteiger charge is -2.37. The van der Waals surface area contributed by atoms with E-state index in [4.69, 9.17) is 27.9 Å². The Balaban J connectivity index is 1.77. The molecule has 0 saturated carbocycles. The second-order valence-corrected chi connectivity index (χ2v) is 7.27. The summed E-state index contributed by atoms with van der Waals surface area (Å²) in [5, 5.41) is 10.8. The van der Waals surface area contributed by atoms with Crippen molar-refractivity contribution < 1.29 is 4.74 Å². The first kappa shape index (κ1) is 16.1. The molecule has 0 N–H and O–H groups in total. The predicted octanol–water partition coefficient (Wildman–Crippen LogP) is 3.91. The summed E-state index contributed by atoms with van der Waals surface area (Å²) < 4.78 is 5.75. The summed E-state index contributed by atoms with van der Waals surface area (Å²) in [6.45, 7) is 5.88. The van der Waals surface area contributed by atoms with Gasteiger partial charge in [0, 0.05) is 24.4 Å². The number of hydrogen-bond acceptors (Lipinski definition) is 5. The Kier molecular flexibility index (Phi) is 4.97. The summed E-state index contributed by atoms with van der Waals surface area (Å²) in [4.78, 5) is 2.25. The molecule has 0 radical (unpaired) electrons. The van der Waals surface area contributed by atoms with E-state index in [1.807, 2.05) is 12.1 Å². The molecule has 4 nitrogen and oxygen atoms in total. The molecule has 7 heteroatoms. The molecule has 0 spiro atoms. The Hall–Kier alpha value is -0.750. The second kappa shape index (κ2) is 6.79. The van der Waals surface area contributed by atoms with Crippen LogP contribution in [0.2, 0.25) is 10.0 Å². The summed E-state index contributed by atoms with van der Waals surface area (Å²) >= 11 is 13.7. The Morgan fingerprint density at radius 3 is 2.45 bits per heavy atom. The van der Waals surface area contributed by atoms with Gasteiger partial charge in [0.25, 0.3) is 0 Å². The van der Waals surface area contributed by atoms with Crippen LogP contribution in [-0.4, -0.2) is 46.8 Å². The van der Waals surface area contributed by atoms with Gasteiger partial charge in [-0.1, -0.05) is 41.0 Å². The third kappa shape index (κ3) is 3.59. The monoisotopic (exact) mass is 357 g/mol. The molecular weight excluding hydrogens is 341 g/mol. The molecule has 2 unspecified atom stereocenters. The van der Waals surface area contributed by atoms with Crippen molar-refractivity contribution in [1.82, 2.24) is 4.90 Å². The van der Waals surface area contributed by atoms with Crippen molar-refractivity contribution in [2.45, 2.75) is 26.1 Å². The largest absolute Gasteiger partial charge is 0.372 e. The first-order chi connectivity index (χ1) is 10.5. The fraction of sp³-hybridized carbons (Fsp3) is 0.467. The molecule has 2 aliphatic heterocycles. The van der Waals surface area contributed by atoms with E-state index in [2.05, 4.69) is 29.0 Å². The summed E-state index contributed by atoms with van der Waals surface area (Å²) in [6.07, 6.45) is 0.431. The van der Waals surface area contributed by atoms with Gasteiger partial charge in [-0.15, -0.1) is 5.10 Å². The molecular formula is C15H17Cl2N3OS. The van der Waals surface area contributed by atoms with Crippen LogP contribution < -0.4 is 0 Å². The zero-order valence-corrected chi connectivity index (χ0v) is 14.8. The van der Waals surface area contributed by atoms with E-state index in [0.717, 1.165) is 35.3 Å². The van der Waals surface area contributed by atoms with Gasteiger partial charge in [-0.05, 0) is 26.0 Å². The summed E-state index contributed by atoms with van der Waals surface area (Å²) in [5.41, 5.74) is 1.88. The maximum Gasteiger partial charge on any atom is 0.186 e. The molecule has 118 valence electrons. The van der Waals surface area contributed by atoms with E-state index in [1.165, 1.54) is 0 Å². The standard InChI is InChI=1S/C15H17Cl2N3OS/c1-9-6-20(7-10(2)21-9)15-19-18-14(8-22-15)11-3-4-12(16)13(17)5-11/h3-5,9-10H,6-8H2,1-2H3. The first-order valence-electron chi connectivity index (χ1n) is 7.16. The third-order valence-corrected chi connectivity index (χ3v) is 5.29. The van der Waals surface area contributed by atoms with E-state index < -0.39 is 0 Å². The van der Waals surface area contributed by atoms with Gasteiger partial charge in [-0.25, -0.2) is 0 Å². The van der Waals surface area contributed by atoms with Crippen molar-refractivity contribution in [3.63, 3.8) is 0 Å². The highest BCUT2D eigenvalue weighted by atomic mass is 35.5. The number of amidine groups is 1. The van der Waals surface area contributed by atoms with Crippen molar-refractivity contribution in [2.24, 2.45) is 10.2 Å². The van der Waals surface area contributed by atoms with Gasteiger partial charge in [0.05, 0.1) is 28.0 Å². The number of ether oxygens (including phenoxy) is 1. The second-order valence-electron chi connectivity index (χ2n) is 5.51. The fourth-order valence-electron chi connectivity index (χ4n) is 2.60. The van der Waals surface area contributed by atoms with E-state index in [9.17, 15) is 0 Å². The molecule has 0 aromatic heterocycles. The quantitative estimate of drug-likeness (QED) is 0.764. The number of benzene rings is 1. The van der Waals surface area contributed by atoms with E-state index >= 15 is 0 Å². The SMILES string of the molecule is CC1CN(C2=NN=C(c3ccc(Cl)c(Cl)c3)CS2)CC(C)O1. The smallest absolute Gasteiger partial charge is 0.186 e. The molecule has 3 rings (SSSR count). The van der Waals surface area contributed by atoms with Crippen molar-refractivity contribution in [3.05, 3.63) is 33.8 Å². The van der Waals surface area contributed by atoms with Crippen LogP contribution >= 0.6 is 35.0 Å². The Labute approximate surface area is 144 Å². The lowest BCUT2D eigenvalue weighted by molar-refractivity contribution is -0.0472. The lowest BCUT2D eigenvalue weighted by atomic mass is 10.1. The minimum absolute atomic E-state index is 0.215. The average molecular weight is 358 g/mol. The summed E-state index contributed by atoms with van der Waals surface area (Å²) in [6, 6.07) is 5.55. The maximum absolute atomic E-state index is 6.06. The number of rotatable bonds is 1. The van der Waals surface area contributed by atoms with Crippen LogP contribution in [0.3, 0.4) is 0 Å². The van der Waals surface area contributed by atoms with E-state index in [1.54, 1.807) is 17.8 Å². The van der Waals surface area contributed by atoms with Crippen LogP contribution in [0.25, 0.3) is 0 Å². The third-order valence-electron chi connectivity index (χ3n) is 3.54. The Morgan fingerprint density at radius 1 is 1.14 bits per heavy atom. The molecule has 0 amide bonds. The van der Waals surface area contributed by atoms with Crippen molar-refractivity contribution in [1.29, 1.82) is 0 Å². The predicted molar refractivity (Wildman–Crippen MR) is 94.5 cm³/mol. The van der Waals surface area contributed by atoms with Crippen LogP contribution in [0.1, 0.15) is 19.4 Å². The summed E-state index contributed by atoms with van der Waals surface area (Å²) in [7, 11) is 0. The normalized spacial score (nSPS) is 25.7. The van der Waals surface area contributed by atoms with Gasteiger partial charge in [-0.2, -0.15) is 5.10 Å². The minimum atomic E-state index is 0.215. The summed E-state index contributed by atoms with van der Waals surface area (Å²) in [5.74, 6) is 0.775. The van der Waals surface area contributed by atoms with Gasteiger partial charge in [0.2, 0.25) is 0 Å². The zero-order chi connectivity index (χ0) is 15.7. The first-order valence-corrected chi connectivity index (χ1v) is 8.90. The topological polar surface area (TPSA) is 37.2 Å². The van der Waals surface area contributed by atoms with E-state index in [-0.39, 0.29) is 12.2 Å². The lowest BCUT2D eigenvalue weighted by Crippen LogP contribution is -2.47. The van der Waals surface area contributed by atoms with Gasteiger partial charge >= 0.3 is 0 Å². The number of halogens is 2. The molecule has 1 aromatic carbocycles. The number of hydrogen-bond donors (Lipinski definition) is 0. The van der Waals surface area contributed by atoms with Crippen LogP contribution in [0, 0.1) is 0 Å². The Morgan fingerprint density at radius 2 is 1.86 bits per heavy atom. The van der Waals surface area contributed by atoms with E-state index in [0.29, 0.717) is 10.0 Å². The van der Waals surface area contributed by atoms with Gasteiger partial charge in [0.15, 0.2) is 5.17 Å². The van der Waals surface area contributed by atoms with Crippen molar-refractivity contribution in [2.75, 3.05) is 18.8 Å². The highest BCUT2D eigenvalue weighted by Crippen LogP contribution is 2.26. The average Bonchev–Trinajstić information content (AvgIpc) is 2.49. The maximum atomic E-state index is 6.06. The van der Waals surface area contributed by atoms with Crippen LogP contribution in [0.5, 0.6) is 0 Å². The molecule has 0 aliphatic carbocycles. The number of nitrogens with zero attached hydrogens (tertiary/aromatic N) is 3. The van der Waals surface area contributed by atoms with Crippen molar-refractivity contribution in [3.8, 4) is 0 Å². The minimum Gasteiger partial charge on any atom is -0.372 e. The molecule has 1 aromatic rings. The van der Waals surface area contributed by atoms with Crippen molar-refractivity contribution >= 4 is 45.8 Å². The van der Waals surface area contributed by atoms with Gasteiger partial charge in [0.1, 0.15) is 0 Å². The number of thioether (sulfide) groups is 1. The molecule has 1 fully saturated rings. The molecule has 22 heavy (non-hydrogen) atoms. The van der Waals surface area contributed by atoms with Crippen LogP contribution in [-0.2, 0) is 4.74 Å². The molecule has 2 atom stereocenters.